The van der Waals surface area contributed by atoms with E-state index in [4.69, 9.17) is 0 Å². The first-order valence-electron chi connectivity index (χ1n) is 4.37. The maximum Gasteiger partial charge on any atom is 0.456 e. The van der Waals surface area contributed by atoms with Crippen molar-refractivity contribution in [1.82, 2.24) is 3.87 Å². The average molecular weight is 246 g/mol. The zero-order valence-electron chi connectivity index (χ0n) is 7.42. The molecule has 0 aromatic heterocycles. The van der Waals surface area contributed by atoms with Crippen LogP contribution in [0.15, 0.2) is 0 Å². The lowest BCUT2D eigenvalue weighted by molar-refractivity contribution is -0.0343. The van der Waals surface area contributed by atoms with E-state index in [9.17, 15) is 18.4 Å². The van der Waals surface area contributed by atoms with Gasteiger partial charge < -0.3 is 5.21 Å². The molecule has 0 amide bonds. The molecule has 0 saturated heterocycles. The Labute approximate surface area is 89.4 Å². The number of nitrogens with zero attached hydrogens (tertiary/aromatic N) is 1. The summed E-state index contributed by atoms with van der Waals surface area (Å²) in [5.74, 6) is 0. The summed E-state index contributed by atoms with van der Waals surface area (Å²) in [7, 11) is 0. The molecule has 1 saturated carbocycles. The number of rotatable bonds is 3. The van der Waals surface area contributed by atoms with Gasteiger partial charge in [-0.1, -0.05) is 31.2 Å². The van der Waals surface area contributed by atoms with Crippen LogP contribution in [-0.4, -0.2) is 14.6 Å². The third kappa shape index (κ3) is 5.33. The van der Waals surface area contributed by atoms with Gasteiger partial charge >= 0.3 is 5.51 Å². The fraction of sp³-hybridized carbons (Fsp3) is 1.00. The minimum Gasteiger partial charge on any atom is -0.766 e. The molecule has 1 fully saturated rings. The molecule has 2 nitrogen and oxygen atoms in total. The average Bonchev–Trinajstić information content (AvgIpc) is 2.02. The fourth-order valence-electron chi connectivity index (χ4n) is 1.40. The topological polar surface area (TPSA) is 26.3 Å². The summed E-state index contributed by atoms with van der Waals surface area (Å²) in [6, 6.07) is 0. The fourth-order valence-corrected chi connectivity index (χ4v) is 3.15. The predicted molar refractivity (Wildman–Crippen MR) is 53.3 cm³/mol. The van der Waals surface area contributed by atoms with Crippen LogP contribution >= 0.6 is 23.9 Å². The van der Waals surface area contributed by atoms with Gasteiger partial charge in [-0.05, 0) is 12.8 Å². The van der Waals surface area contributed by atoms with E-state index >= 15 is 0 Å². The summed E-state index contributed by atoms with van der Waals surface area (Å²) >= 11 is 0.159. The Hall–Kier alpha value is 0.410. The molecule has 0 unspecified atom stereocenters. The van der Waals surface area contributed by atoms with Crippen molar-refractivity contribution in [3.8, 4) is 0 Å². The van der Waals surface area contributed by atoms with E-state index in [1.54, 1.807) is 0 Å². The highest BCUT2D eigenvalue weighted by Gasteiger charge is 2.30. The maximum atomic E-state index is 11.8. The normalized spacial score (nSPS) is 20.4. The smallest absolute Gasteiger partial charge is 0.456 e. The van der Waals surface area contributed by atoms with Gasteiger partial charge in [0, 0.05) is 17.2 Å². The molecule has 0 spiro atoms. The quantitative estimate of drug-likeness (QED) is 0.556. The zero-order valence-corrected chi connectivity index (χ0v) is 9.05. The molecule has 0 heterocycles. The molecular formula is C7H11F3NOS2-. The van der Waals surface area contributed by atoms with Crippen LogP contribution in [0.1, 0.15) is 32.1 Å². The van der Waals surface area contributed by atoms with E-state index in [2.05, 4.69) is 0 Å². The van der Waals surface area contributed by atoms with Crippen molar-refractivity contribution in [3.63, 3.8) is 0 Å². The van der Waals surface area contributed by atoms with Crippen LogP contribution in [0.25, 0.3) is 0 Å². The van der Waals surface area contributed by atoms with E-state index in [0.29, 0.717) is 0 Å². The van der Waals surface area contributed by atoms with Gasteiger partial charge in [-0.2, -0.15) is 13.2 Å². The molecule has 0 aromatic carbocycles. The van der Waals surface area contributed by atoms with Gasteiger partial charge in [0.25, 0.3) is 0 Å². The third-order valence-corrected chi connectivity index (χ3v) is 3.74. The van der Waals surface area contributed by atoms with Gasteiger partial charge in [-0.15, -0.1) is 0 Å². The second-order valence-corrected chi connectivity index (χ2v) is 5.54. The highest BCUT2D eigenvalue weighted by molar-refractivity contribution is 8.12. The molecule has 0 atom stereocenters. The first-order valence-corrected chi connectivity index (χ1v) is 5.98. The van der Waals surface area contributed by atoms with Crippen molar-refractivity contribution < 1.29 is 13.2 Å². The van der Waals surface area contributed by atoms with Gasteiger partial charge in [0.2, 0.25) is 0 Å². The zero-order chi connectivity index (χ0) is 10.6. The Morgan fingerprint density at radius 1 is 1.14 bits per heavy atom. The largest absolute Gasteiger partial charge is 0.766 e. The van der Waals surface area contributed by atoms with Gasteiger partial charge in [0.05, 0.1) is 0 Å². The Morgan fingerprint density at radius 2 is 1.71 bits per heavy atom. The van der Waals surface area contributed by atoms with Crippen molar-refractivity contribution in [2.24, 2.45) is 0 Å². The van der Waals surface area contributed by atoms with Gasteiger partial charge in [0.15, 0.2) is 0 Å². The molecule has 1 rings (SSSR count). The summed E-state index contributed by atoms with van der Waals surface area (Å²) in [5, 5.41) is 10.9. The molecular weight excluding hydrogens is 235 g/mol. The van der Waals surface area contributed by atoms with Crippen LogP contribution in [0.3, 0.4) is 0 Å². The molecule has 0 radical (unpaired) electrons. The lowest BCUT2D eigenvalue weighted by Crippen LogP contribution is -2.15. The van der Waals surface area contributed by atoms with Crippen LogP contribution in [-0.2, 0) is 0 Å². The maximum absolute atomic E-state index is 11.8. The molecule has 14 heavy (non-hydrogen) atoms. The minimum absolute atomic E-state index is 0.0179. The summed E-state index contributed by atoms with van der Waals surface area (Å²) in [5.41, 5.74) is -4.47. The molecule has 0 aromatic rings. The van der Waals surface area contributed by atoms with E-state index in [1.165, 1.54) is 0 Å². The van der Waals surface area contributed by atoms with Crippen LogP contribution < -0.4 is 0 Å². The Bertz CT molecular complexity index is 173. The monoisotopic (exact) mass is 246 g/mol. The summed E-state index contributed by atoms with van der Waals surface area (Å²) in [6.45, 7) is 0. The van der Waals surface area contributed by atoms with Crippen molar-refractivity contribution in [2.75, 3.05) is 0 Å². The summed E-state index contributed by atoms with van der Waals surface area (Å²) < 4.78 is 35.3. The van der Waals surface area contributed by atoms with Crippen LogP contribution in [0.2, 0.25) is 0 Å². The first kappa shape index (κ1) is 12.5. The van der Waals surface area contributed by atoms with Crippen molar-refractivity contribution in [2.45, 2.75) is 42.9 Å². The predicted octanol–water partition coefficient (Wildman–Crippen LogP) is 3.94. The second-order valence-electron chi connectivity index (χ2n) is 3.13. The molecule has 0 N–H and O–H groups in total. The first-order chi connectivity index (χ1) is 6.47. The van der Waals surface area contributed by atoms with E-state index in [0.717, 1.165) is 44.1 Å². The molecule has 1 aliphatic rings. The number of hydrogen-bond acceptors (Lipinski definition) is 4. The van der Waals surface area contributed by atoms with Crippen LogP contribution in [0.5, 0.6) is 0 Å². The van der Waals surface area contributed by atoms with E-state index < -0.39 is 17.5 Å². The number of halogens is 3. The van der Waals surface area contributed by atoms with Crippen LogP contribution in [0.4, 0.5) is 13.2 Å². The number of hydrogen-bond donors (Lipinski definition) is 0. The van der Waals surface area contributed by atoms with E-state index in [1.807, 2.05) is 0 Å². The molecule has 1 aliphatic carbocycles. The van der Waals surface area contributed by atoms with Crippen molar-refractivity contribution in [1.29, 1.82) is 0 Å². The third-order valence-electron chi connectivity index (χ3n) is 1.97. The standard InChI is InChI=1S/C7H11F3NOS2/c8-7(9,10)14-11(12)13-6-4-2-1-3-5-6/h6H,1-5H2/q-1. The SMILES string of the molecule is [O-]N(SC1CCCCC1)SC(F)(F)F. The second kappa shape index (κ2) is 5.48. The van der Waals surface area contributed by atoms with E-state index in [-0.39, 0.29) is 9.12 Å². The molecule has 0 aliphatic heterocycles. The van der Waals surface area contributed by atoms with Gasteiger partial charge in [0.1, 0.15) is 0 Å². The highest BCUT2D eigenvalue weighted by atomic mass is 32.2. The number of alkyl halides is 3. The molecule has 0 bridgehead atoms. The Kier molecular flexibility index (Phi) is 4.89. The molecule has 7 heteroatoms. The lowest BCUT2D eigenvalue weighted by atomic mass is 10.0. The van der Waals surface area contributed by atoms with Crippen molar-refractivity contribution in [3.05, 3.63) is 5.21 Å². The highest BCUT2D eigenvalue weighted by Crippen LogP contribution is 2.40. The molecule has 84 valence electrons. The summed E-state index contributed by atoms with van der Waals surface area (Å²) in [4.78, 5) is 0. The minimum atomic E-state index is -4.47. The summed E-state index contributed by atoms with van der Waals surface area (Å²) in [6.07, 6.45) is 4.86. The Balaban J connectivity index is 2.21. The van der Waals surface area contributed by atoms with Crippen LogP contribution in [0, 0.1) is 5.21 Å². The van der Waals surface area contributed by atoms with Crippen molar-refractivity contribution >= 4 is 23.9 Å². The lowest BCUT2D eigenvalue weighted by Gasteiger charge is -2.31. The van der Waals surface area contributed by atoms with Gasteiger partial charge in [-0.25, -0.2) is 0 Å². The van der Waals surface area contributed by atoms with Gasteiger partial charge in [-0.3, -0.25) is 3.87 Å². The Morgan fingerprint density at radius 3 is 2.21 bits per heavy atom.